The quantitative estimate of drug-likeness (QED) is 0.826. The van der Waals surface area contributed by atoms with Crippen LogP contribution in [0.2, 0.25) is 0 Å². The van der Waals surface area contributed by atoms with E-state index in [1.165, 1.54) is 24.3 Å². The van der Waals surface area contributed by atoms with Gasteiger partial charge in [-0.2, -0.15) is 0 Å². The van der Waals surface area contributed by atoms with Crippen molar-refractivity contribution >= 4 is 26.7 Å². The van der Waals surface area contributed by atoms with Gasteiger partial charge in [0, 0.05) is 9.37 Å². The van der Waals surface area contributed by atoms with E-state index in [0.717, 1.165) is 10.2 Å². The normalized spacial score (nSPS) is 12.1. The van der Waals surface area contributed by atoms with Crippen LogP contribution in [-0.2, 0) is 10.8 Å². The first-order valence-corrected chi connectivity index (χ1v) is 7.78. The summed E-state index contributed by atoms with van der Waals surface area (Å²) < 4.78 is 31.1. The van der Waals surface area contributed by atoms with E-state index in [4.69, 9.17) is 4.74 Å². The number of benzene rings is 2. The average Bonchev–Trinajstić information content (AvgIpc) is 2.41. The van der Waals surface area contributed by atoms with Crippen molar-refractivity contribution in [2.24, 2.45) is 0 Å². The fourth-order valence-corrected chi connectivity index (χ4v) is 2.64. The SMILES string of the molecule is O=S(CCOc1ccc(Br)cc1)c1ccc(F)cc1. The lowest BCUT2D eigenvalue weighted by atomic mass is 10.3. The summed E-state index contributed by atoms with van der Waals surface area (Å²) in [5.41, 5.74) is 0. The van der Waals surface area contributed by atoms with E-state index < -0.39 is 10.8 Å². The first-order chi connectivity index (χ1) is 9.15. The van der Waals surface area contributed by atoms with Crippen molar-refractivity contribution in [3.8, 4) is 5.75 Å². The maximum Gasteiger partial charge on any atom is 0.123 e. The summed E-state index contributed by atoms with van der Waals surface area (Å²) in [6, 6.07) is 13.1. The van der Waals surface area contributed by atoms with Crippen LogP contribution in [0, 0.1) is 5.82 Å². The van der Waals surface area contributed by atoms with Gasteiger partial charge in [0.15, 0.2) is 0 Å². The predicted octanol–water partition coefficient (Wildman–Crippen LogP) is 3.77. The van der Waals surface area contributed by atoms with Crippen LogP contribution < -0.4 is 4.74 Å². The molecule has 0 spiro atoms. The van der Waals surface area contributed by atoms with Gasteiger partial charge < -0.3 is 4.74 Å². The first-order valence-electron chi connectivity index (χ1n) is 5.67. The van der Waals surface area contributed by atoms with Crippen LogP contribution in [0.15, 0.2) is 57.9 Å². The van der Waals surface area contributed by atoms with Crippen molar-refractivity contribution in [1.29, 1.82) is 0 Å². The molecule has 0 amide bonds. The number of halogens is 2. The molecule has 19 heavy (non-hydrogen) atoms. The summed E-state index contributed by atoms with van der Waals surface area (Å²) in [5, 5.41) is 0. The third-order valence-corrected chi connectivity index (χ3v) is 4.29. The van der Waals surface area contributed by atoms with E-state index >= 15 is 0 Å². The number of ether oxygens (including phenoxy) is 1. The van der Waals surface area contributed by atoms with Crippen LogP contribution >= 0.6 is 15.9 Å². The summed E-state index contributed by atoms with van der Waals surface area (Å²) in [7, 11) is -1.17. The lowest BCUT2D eigenvalue weighted by molar-refractivity contribution is 0.342. The molecule has 2 nitrogen and oxygen atoms in total. The predicted molar refractivity (Wildman–Crippen MR) is 77.3 cm³/mol. The molecule has 2 rings (SSSR count). The Morgan fingerprint density at radius 2 is 1.68 bits per heavy atom. The molecule has 0 saturated carbocycles. The zero-order chi connectivity index (χ0) is 13.7. The highest BCUT2D eigenvalue weighted by Gasteiger charge is 2.04. The summed E-state index contributed by atoms with van der Waals surface area (Å²) in [6.45, 7) is 0.353. The largest absolute Gasteiger partial charge is 0.493 e. The molecule has 5 heteroatoms. The van der Waals surface area contributed by atoms with Crippen LogP contribution in [-0.4, -0.2) is 16.6 Å². The summed E-state index contributed by atoms with van der Waals surface area (Å²) in [5.74, 6) is 0.785. The van der Waals surface area contributed by atoms with E-state index in [1.807, 2.05) is 24.3 Å². The van der Waals surface area contributed by atoms with Gasteiger partial charge in [-0.1, -0.05) is 15.9 Å². The molecule has 0 radical (unpaired) electrons. The molecule has 2 aromatic carbocycles. The second-order valence-corrected chi connectivity index (χ2v) is 6.29. The Labute approximate surface area is 122 Å². The van der Waals surface area contributed by atoms with Gasteiger partial charge in [-0.15, -0.1) is 0 Å². The second kappa shape index (κ2) is 6.82. The minimum absolute atomic E-state index is 0.327. The zero-order valence-electron chi connectivity index (χ0n) is 10.0. The minimum Gasteiger partial charge on any atom is -0.493 e. The Morgan fingerprint density at radius 1 is 1.05 bits per heavy atom. The Kier molecular flexibility index (Phi) is 5.10. The van der Waals surface area contributed by atoms with E-state index in [2.05, 4.69) is 15.9 Å². The van der Waals surface area contributed by atoms with Gasteiger partial charge in [0.25, 0.3) is 0 Å². The van der Waals surface area contributed by atoms with Crippen molar-refractivity contribution in [2.45, 2.75) is 4.90 Å². The molecule has 0 saturated heterocycles. The molecule has 1 atom stereocenters. The lowest BCUT2D eigenvalue weighted by Gasteiger charge is -2.06. The fraction of sp³-hybridized carbons (Fsp3) is 0.143. The Hall–Kier alpha value is -1.20. The van der Waals surface area contributed by atoms with E-state index in [-0.39, 0.29) is 5.82 Å². The van der Waals surface area contributed by atoms with Gasteiger partial charge >= 0.3 is 0 Å². The minimum atomic E-state index is -1.17. The monoisotopic (exact) mass is 342 g/mol. The van der Waals surface area contributed by atoms with Crippen molar-refractivity contribution in [2.75, 3.05) is 12.4 Å². The molecule has 100 valence electrons. The molecule has 0 fully saturated rings. The average molecular weight is 343 g/mol. The van der Waals surface area contributed by atoms with E-state index in [9.17, 15) is 8.60 Å². The van der Waals surface area contributed by atoms with E-state index in [0.29, 0.717) is 17.3 Å². The number of hydrogen-bond donors (Lipinski definition) is 0. The van der Waals surface area contributed by atoms with Gasteiger partial charge in [-0.25, -0.2) is 4.39 Å². The Morgan fingerprint density at radius 3 is 2.32 bits per heavy atom. The molecule has 0 aromatic heterocycles. The van der Waals surface area contributed by atoms with Crippen molar-refractivity contribution < 1.29 is 13.3 Å². The maximum absolute atomic E-state index is 12.7. The van der Waals surface area contributed by atoms with Crippen LogP contribution in [0.3, 0.4) is 0 Å². The lowest BCUT2D eigenvalue weighted by Crippen LogP contribution is -2.08. The summed E-state index contributed by atoms with van der Waals surface area (Å²) in [6.07, 6.45) is 0. The standard InChI is InChI=1S/C14H12BrFO2S/c15-11-1-5-13(6-2-11)18-9-10-19(17)14-7-3-12(16)4-8-14/h1-8H,9-10H2. The van der Waals surface area contributed by atoms with Crippen LogP contribution in [0.4, 0.5) is 4.39 Å². The van der Waals surface area contributed by atoms with Gasteiger partial charge in [0.2, 0.25) is 0 Å². The van der Waals surface area contributed by atoms with Crippen LogP contribution in [0.1, 0.15) is 0 Å². The molecule has 1 unspecified atom stereocenters. The van der Waals surface area contributed by atoms with Crippen LogP contribution in [0.5, 0.6) is 5.75 Å². The van der Waals surface area contributed by atoms with Crippen molar-refractivity contribution in [1.82, 2.24) is 0 Å². The topological polar surface area (TPSA) is 26.3 Å². The highest BCUT2D eigenvalue weighted by Crippen LogP contribution is 2.16. The third kappa shape index (κ3) is 4.44. The molecule has 0 aliphatic rings. The smallest absolute Gasteiger partial charge is 0.123 e. The Balaban J connectivity index is 1.84. The molecule has 2 aromatic rings. The third-order valence-electron chi connectivity index (χ3n) is 2.43. The van der Waals surface area contributed by atoms with Gasteiger partial charge in [-0.05, 0) is 48.5 Å². The highest BCUT2D eigenvalue weighted by molar-refractivity contribution is 9.10. The van der Waals surface area contributed by atoms with Crippen molar-refractivity contribution in [3.63, 3.8) is 0 Å². The van der Waals surface area contributed by atoms with E-state index in [1.54, 1.807) is 0 Å². The zero-order valence-corrected chi connectivity index (χ0v) is 12.4. The molecule has 0 heterocycles. The van der Waals surface area contributed by atoms with Gasteiger partial charge in [-0.3, -0.25) is 4.21 Å². The van der Waals surface area contributed by atoms with Crippen molar-refractivity contribution in [3.05, 3.63) is 58.8 Å². The summed E-state index contributed by atoms with van der Waals surface area (Å²) in [4.78, 5) is 0.612. The van der Waals surface area contributed by atoms with Gasteiger partial charge in [0.05, 0.1) is 16.6 Å². The highest BCUT2D eigenvalue weighted by atomic mass is 79.9. The molecular formula is C14H12BrFO2S. The molecule has 0 aliphatic carbocycles. The molecular weight excluding hydrogens is 331 g/mol. The molecule has 0 bridgehead atoms. The first kappa shape index (κ1) is 14.2. The maximum atomic E-state index is 12.7. The number of rotatable bonds is 5. The number of hydrogen-bond acceptors (Lipinski definition) is 2. The van der Waals surface area contributed by atoms with Crippen LogP contribution in [0.25, 0.3) is 0 Å². The second-order valence-electron chi connectivity index (χ2n) is 3.81. The molecule has 0 aliphatic heterocycles. The van der Waals surface area contributed by atoms with Gasteiger partial charge in [0.1, 0.15) is 18.2 Å². The molecule has 0 N–H and O–H groups in total. The summed E-state index contributed by atoms with van der Waals surface area (Å²) >= 11 is 3.34. The fourth-order valence-electron chi connectivity index (χ4n) is 1.47. The Bertz CT molecular complexity index is 555.